The van der Waals surface area contributed by atoms with Gasteiger partial charge >= 0.3 is 0 Å². The average Bonchev–Trinajstić information content (AvgIpc) is 2.26. The molecule has 0 aliphatic heterocycles. The van der Waals surface area contributed by atoms with Crippen LogP contribution in [0.15, 0.2) is 28.3 Å². The number of allylic oxidation sites excluding steroid dienone is 3. The monoisotopic (exact) mass is 219 g/mol. The Balaban J connectivity index is 2.67. The highest BCUT2D eigenvalue weighted by Gasteiger charge is 2.14. The largest absolute Gasteiger partial charge is 0.296 e. The fourth-order valence-electron chi connectivity index (χ4n) is 2.65. The summed E-state index contributed by atoms with van der Waals surface area (Å²) in [5.74, 6) is 0.897. The molecular formula is C15H25N. The van der Waals surface area contributed by atoms with Crippen LogP contribution in [0.25, 0.3) is 0 Å². The molecule has 16 heavy (non-hydrogen) atoms. The molecule has 0 N–H and O–H groups in total. The van der Waals surface area contributed by atoms with Crippen LogP contribution in [0.3, 0.4) is 0 Å². The lowest BCUT2D eigenvalue weighted by Gasteiger charge is -2.22. The maximum atomic E-state index is 4.13. The fraction of sp³-hybridized carbons (Fsp3) is 0.667. The normalized spacial score (nSPS) is 19.9. The van der Waals surface area contributed by atoms with Gasteiger partial charge in [0.1, 0.15) is 0 Å². The SMILES string of the molecule is C=C(C)/C(C=NC)=C(\C)CC1CCCCC1. The van der Waals surface area contributed by atoms with Crippen LogP contribution < -0.4 is 0 Å². The van der Waals surface area contributed by atoms with E-state index < -0.39 is 0 Å². The summed E-state index contributed by atoms with van der Waals surface area (Å²) in [6.45, 7) is 8.35. The van der Waals surface area contributed by atoms with Gasteiger partial charge in [0.15, 0.2) is 0 Å². The van der Waals surface area contributed by atoms with Crippen molar-refractivity contribution in [2.24, 2.45) is 10.9 Å². The van der Waals surface area contributed by atoms with Crippen LogP contribution in [0, 0.1) is 5.92 Å². The van der Waals surface area contributed by atoms with Crippen molar-refractivity contribution >= 4 is 6.21 Å². The van der Waals surface area contributed by atoms with E-state index in [1.807, 2.05) is 13.3 Å². The molecule has 1 aliphatic carbocycles. The number of rotatable bonds is 4. The van der Waals surface area contributed by atoms with Crippen LogP contribution in [0.1, 0.15) is 52.4 Å². The summed E-state index contributed by atoms with van der Waals surface area (Å²) in [5, 5.41) is 0. The Morgan fingerprint density at radius 2 is 1.88 bits per heavy atom. The first-order chi connectivity index (χ1) is 7.65. The second-order valence-electron chi connectivity index (χ2n) is 5.07. The lowest BCUT2D eigenvalue weighted by atomic mass is 9.83. The van der Waals surface area contributed by atoms with E-state index >= 15 is 0 Å². The number of nitrogens with zero attached hydrogens (tertiary/aromatic N) is 1. The molecule has 0 spiro atoms. The van der Waals surface area contributed by atoms with Gasteiger partial charge in [0, 0.05) is 13.3 Å². The van der Waals surface area contributed by atoms with E-state index in [1.165, 1.54) is 49.7 Å². The predicted molar refractivity (Wildman–Crippen MR) is 73.1 cm³/mol. The Morgan fingerprint density at radius 1 is 1.25 bits per heavy atom. The van der Waals surface area contributed by atoms with Crippen LogP contribution >= 0.6 is 0 Å². The molecule has 0 aromatic rings. The van der Waals surface area contributed by atoms with Gasteiger partial charge in [-0.05, 0) is 37.3 Å². The number of hydrogen-bond donors (Lipinski definition) is 0. The van der Waals surface area contributed by atoms with E-state index in [9.17, 15) is 0 Å². The molecule has 0 saturated heterocycles. The van der Waals surface area contributed by atoms with Crippen molar-refractivity contribution in [1.29, 1.82) is 0 Å². The lowest BCUT2D eigenvalue weighted by molar-refractivity contribution is 0.356. The standard InChI is InChI=1S/C15H25N/c1-12(2)15(11-16-4)13(3)10-14-8-6-5-7-9-14/h11,14H,1,5-10H2,2-4H3/b15-13+,16-11?. The lowest BCUT2D eigenvalue weighted by Crippen LogP contribution is -2.07. The quantitative estimate of drug-likeness (QED) is 0.486. The second kappa shape index (κ2) is 6.67. The highest BCUT2D eigenvalue weighted by Crippen LogP contribution is 2.30. The third-order valence-corrected chi connectivity index (χ3v) is 3.50. The van der Waals surface area contributed by atoms with E-state index in [2.05, 4.69) is 25.4 Å². The maximum absolute atomic E-state index is 4.13. The molecule has 0 unspecified atom stereocenters. The first-order valence-corrected chi connectivity index (χ1v) is 6.43. The minimum atomic E-state index is 0.897. The van der Waals surface area contributed by atoms with Crippen molar-refractivity contribution in [3.8, 4) is 0 Å². The molecule has 1 heteroatoms. The molecular weight excluding hydrogens is 194 g/mol. The summed E-state index contributed by atoms with van der Waals surface area (Å²) in [4.78, 5) is 4.13. The van der Waals surface area contributed by atoms with Gasteiger partial charge in [0.05, 0.1) is 0 Å². The first kappa shape index (κ1) is 13.2. The first-order valence-electron chi connectivity index (χ1n) is 6.43. The van der Waals surface area contributed by atoms with Crippen molar-refractivity contribution < 1.29 is 0 Å². The molecule has 0 heterocycles. The summed E-state index contributed by atoms with van der Waals surface area (Å²) in [6.07, 6.45) is 10.3. The highest BCUT2D eigenvalue weighted by molar-refractivity contribution is 5.85. The van der Waals surface area contributed by atoms with E-state index in [0.717, 1.165) is 11.5 Å². The predicted octanol–water partition coefficient (Wildman–Crippen LogP) is 4.55. The molecule has 1 rings (SSSR count). The van der Waals surface area contributed by atoms with Crippen molar-refractivity contribution in [2.75, 3.05) is 7.05 Å². The molecule has 1 fully saturated rings. The van der Waals surface area contributed by atoms with Gasteiger partial charge in [0.25, 0.3) is 0 Å². The maximum Gasteiger partial charge on any atom is 0.0283 e. The van der Waals surface area contributed by atoms with Gasteiger partial charge in [-0.1, -0.05) is 44.3 Å². The summed E-state index contributed by atoms with van der Waals surface area (Å²) >= 11 is 0. The van der Waals surface area contributed by atoms with E-state index in [0.29, 0.717) is 0 Å². The zero-order chi connectivity index (χ0) is 12.0. The topological polar surface area (TPSA) is 12.4 Å². The number of aliphatic imine (C=N–C) groups is 1. The Kier molecular flexibility index (Phi) is 5.51. The van der Waals surface area contributed by atoms with Crippen LogP contribution in [-0.2, 0) is 0 Å². The minimum Gasteiger partial charge on any atom is -0.296 e. The van der Waals surface area contributed by atoms with Crippen molar-refractivity contribution in [1.82, 2.24) is 0 Å². The van der Waals surface area contributed by atoms with Gasteiger partial charge in [-0.15, -0.1) is 0 Å². The summed E-state index contributed by atoms with van der Waals surface area (Å²) < 4.78 is 0. The molecule has 1 aliphatic rings. The smallest absolute Gasteiger partial charge is 0.0283 e. The molecule has 1 nitrogen and oxygen atoms in total. The molecule has 1 saturated carbocycles. The minimum absolute atomic E-state index is 0.897. The molecule has 0 amide bonds. The van der Waals surface area contributed by atoms with Crippen LogP contribution in [0.2, 0.25) is 0 Å². The zero-order valence-electron chi connectivity index (χ0n) is 11.1. The zero-order valence-corrected chi connectivity index (χ0v) is 11.1. The van der Waals surface area contributed by atoms with Gasteiger partial charge in [0.2, 0.25) is 0 Å². The van der Waals surface area contributed by atoms with Crippen molar-refractivity contribution in [3.63, 3.8) is 0 Å². The summed E-state index contributed by atoms with van der Waals surface area (Å²) in [7, 11) is 1.83. The van der Waals surface area contributed by atoms with E-state index in [-0.39, 0.29) is 0 Å². The summed E-state index contributed by atoms with van der Waals surface area (Å²) in [6, 6.07) is 0. The second-order valence-corrected chi connectivity index (χ2v) is 5.07. The van der Waals surface area contributed by atoms with E-state index in [4.69, 9.17) is 0 Å². The third-order valence-electron chi connectivity index (χ3n) is 3.50. The van der Waals surface area contributed by atoms with Crippen molar-refractivity contribution in [3.05, 3.63) is 23.3 Å². The Bertz CT molecular complexity index is 291. The van der Waals surface area contributed by atoms with Gasteiger partial charge in [-0.3, -0.25) is 4.99 Å². The Hall–Kier alpha value is -0.850. The highest BCUT2D eigenvalue weighted by atomic mass is 14.6. The number of hydrogen-bond acceptors (Lipinski definition) is 1. The van der Waals surface area contributed by atoms with Gasteiger partial charge in [-0.25, -0.2) is 0 Å². The third kappa shape index (κ3) is 3.96. The van der Waals surface area contributed by atoms with Crippen LogP contribution in [0.5, 0.6) is 0 Å². The summed E-state index contributed by atoms with van der Waals surface area (Å²) in [5.41, 5.74) is 3.86. The van der Waals surface area contributed by atoms with Crippen LogP contribution in [-0.4, -0.2) is 13.3 Å². The van der Waals surface area contributed by atoms with Crippen LogP contribution in [0.4, 0.5) is 0 Å². The van der Waals surface area contributed by atoms with Gasteiger partial charge in [-0.2, -0.15) is 0 Å². The molecule has 0 atom stereocenters. The Labute approximate surface area is 100 Å². The molecule has 0 radical (unpaired) electrons. The Morgan fingerprint density at radius 3 is 2.38 bits per heavy atom. The fourth-order valence-corrected chi connectivity index (χ4v) is 2.65. The molecule has 0 bridgehead atoms. The van der Waals surface area contributed by atoms with Crippen molar-refractivity contribution in [2.45, 2.75) is 52.4 Å². The molecule has 90 valence electrons. The average molecular weight is 219 g/mol. The molecule has 0 aromatic carbocycles. The van der Waals surface area contributed by atoms with E-state index in [1.54, 1.807) is 0 Å². The van der Waals surface area contributed by atoms with Gasteiger partial charge < -0.3 is 0 Å². The molecule has 0 aromatic heterocycles.